The fourth-order valence-electron chi connectivity index (χ4n) is 2.60. The number of carbonyl (C=O) groups is 2. The third-order valence-electron chi connectivity index (χ3n) is 4.08. The minimum atomic E-state index is -3.87. The molecule has 12 heteroatoms. The van der Waals surface area contributed by atoms with Crippen LogP contribution in [0.3, 0.4) is 0 Å². The van der Waals surface area contributed by atoms with Gasteiger partial charge in [-0.25, -0.2) is 13.2 Å². The van der Waals surface area contributed by atoms with E-state index in [0.717, 1.165) is 24.5 Å². The maximum absolute atomic E-state index is 12.3. The van der Waals surface area contributed by atoms with Gasteiger partial charge in [0.2, 0.25) is 6.79 Å². The molecule has 2 aromatic carbocycles. The van der Waals surface area contributed by atoms with Crippen LogP contribution < -0.4 is 14.8 Å². The zero-order chi connectivity index (χ0) is 22.1. The smallest absolute Gasteiger partial charge is 0.339 e. The zero-order valence-electron chi connectivity index (χ0n) is 15.8. The molecule has 1 heterocycles. The van der Waals surface area contributed by atoms with Gasteiger partial charge in [0.05, 0.1) is 10.5 Å². The van der Waals surface area contributed by atoms with Gasteiger partial charge in [0, 0.05) is 24.1 Å². The summed E-state index contributed by atoms with van der Waals surface area (Å²) in [6.07, 6.45) is -0.424. The van der Waals surface area contributed by atoms with Gasteiger partial charge in [-0.05, 0) is 31.2 Å². The fraction of sp³-hybridized carbons (Fsp3) is 0.222. The number of carbonyl (C=O) groups excluding carboxylic acids is 2. The number of rotatable bonds is 6. The minimum absolute atomic E-state index is 0.0744. The second-order valence-corrected chi connectivity index (χ2v) is 8.30. The summed E-state index contributed by atoms with van der Waals surface area (Å²) < 4.78 is 38.7. The number of nitrogens with one attached hydrogen (secondary N) is 1. The Kier molecular flexibility index (Phi) is 5.60. The molecule has 1 N–H and O–H groups in total. The number of ether oxygens (including phenoxy) is 3. The first-order chi connectivity index (χ1) is 14.1. The third kappa shape index (κ3) is 4.49. The summed E-state index contributed by atoms with van der Waals surface area (Å²) in [7, 11) is -3.87. The maximum Gasteiger partial charge on any atom is 0.339 e. The highest BCUT2D eigenvalue weighted by Crippen LogP contribution is 2.34. The van der Waals surface area contributed by atoms with Gasteiger partial charge in [0.25, 0.3) is 11.6 Å². The van der Waals surface area contributed by atoms with Crippen molar-refractivity contribution in [3.63, 3.8) is 0 Å². The van der Waals surface area contributed by atoms with E-state index in [1.54, 1.807) is 18.2 Å². The van der Waals surface area contributed by atoms with E-state index in [1.165, 1.54) is 6.92 Å². The van der Waals surface area contributed by atoms with Crippen molar-refractivity contribution in [2.45, 2.75) is 17.9 Å². The van der Waals surface area contributed by atoms with Gasteiger partial charge in [0.1, 0.15) is 4.90 Å². The van der Waals surface area contributed by atoms with E-state index in [1.807, 2.05) is 0 Å². The summed E-state index contributed by atoms with van der Waals surface area (Å²) in [5.41, 5.74) is -0.637. The molecule has 2 aromatic rings. The average molecular weight is 436 g/mol. The molecule has 1 unspecified atom stereocenters. The second kappa shape index (κ2) is 7.99. The van der Waals surface area contributed by atoms with Crippen LogP contribution in [0.25, 0.3) is 0 Å². The molecule has 0 saturated carbocycles. The Hall–Kier alpha value is -3.67. The third-order valence-corrected chi connectivity index (χ3v) is 5.23. The van der Waals surface area contributed by atoms with Crippen LogP contribution in [-0.4, -0.2) is 44.4 Å². The lowest BCUT2D eigenvalue weighted by molar-refractivity contribution is -0.387. The minimum Gasteiger partial charge on any atom is -0.454 e. The zero-order valence-corrected chi connectivity index (χ0v) is 16.6. The molecule has 1 amide bonds. The van der Waals surface area contributed by atoms with Crippen LogP contribution in [-0.2, 0) is 19.4 Å². The quantitative estimate of drug-likeness (QED) is 0.407. The Labute approximate surface area is 170 Å². The molecule has 1 aliphatic heterocycles. The van der Waals surface area contributed by atoms with Gasteiger partial charge in [-0.3, -0.25) is 14.9 Å². The van der Waals surface area contributed by atoms with E-state index < -0.39 is 43.3 Å². The number of anilines is 1. The topological polar surface area (TPSA) is 151 Å². The van der Waals surface area contributed by atoms with Crippen molar-refractivity contribution >= 4 is 33.1 Å². The van der Waals surface area contributed by atoms with Crippen LogP contribution >= 0.6 is 0 Å². The van der Waals surface area contributed by atoms with Crippen LogP contribution in [0.1, 0.15) is 17.3 Å². The highest BCUT2D eigenvalue weighted by atomic mass is 32.2. The molecule has 0 spiro atoms. The number of nitro groups is 1. The van der Waals surface area contributed by atoms with E-state index in [-0.39, 0.29) is 12.4 Å². The summed E-state index contributed by atoms with van der Waals surface area (Å²) in [5.74, 6) is -0.682. The van der Waals surface area contributed by atoms with Crippen LogP contribution in [0.15, 0.2) is 41.3 Å². The highest BCUT2D eigenvalue weighted by molar-refractivity contribution is 7.90. The molecule has 0 fully saturated rings. The molecule has 0 radical (unpaired) electrons. The van der Waals surface area contributed by atoms with Crippen molar-refractivity contribution < 1.29 is 37.1 Å². The number of fused-ring (bicyclic) bond motifs is 1. The fourth-order valence-corrected chi connectivity index (χ4v) is 3.43. The van der Waals surface area contributed by atoms with Crippen LogP contribution in [0, 0.1) is 10.1 Å². The normalized spacial score (nSPS) is 13.4. The Balaban J connectivity index is 1.71. The van der Waals surface area contributed by atoms with Crippen molar-refractivity contribution in [3.05, 3.63) is 52.1 Å². The number of nitro benzene ring substituents is 1. The lowest BCUT2D eigenvalue weighted by Gasteiger charge is -2.14. The highest BCUT2D eigenvalue weighted by Gasteiger charge is 2.26. The molecule has 1 aliphatic rings. The van der Waals surface area contributed by atoms with Gasteiger partial charge in [-0.2, -0.15) is 0 Å². The number of esters is 1. The molecule has 30 heavy (non-hydrogen) atoms. The van der Waals surface area contributed by atoms with Crippen molar-refractivity contribution in [2.75, 3.05) is 18.4 Å². The van der Waals surface area contributed by atoms with Gasteiger partial charge < -0.3 is 19.5 Å². The standard InChI is InChI=1S/C18H16N2O9S/c1-10(17(21)19-12-4-5-14-15(8-12)28-9-27-14)29-18(22)11-3-6-16(30(2,25)26)13(7-11)20(23)24/h3-8,10H,9H2,1-2H3,(H,19,21). The van der Waals surface area contributed by atoms with Crippen LogP contribution in [0.2, 0.25) is 0 Å². The summed E-state index contributed by atoms with van der Waals surface area (Å²) in [4.78, 5) is 34.3. The Morgan fingerprint density at radius 2 is 1.87 bits per heavy atom. The molecule has 0 aromatic heterocycles. The van der Waals surface area contributed by atoms with Gasteiger partial charge in [-0.15, -0.1) is 0 Å². The summed E-state index contributed by atoms with van der Waals surface area (Å²) in [6.45, 7) is 1.39. The average Bonchev–Trinajstić information content (AvgIpc) is 3.14. The van der Waals surface area contributed by atoms with Crippen LogP contribution in [0.5, 0.6) is 11.5 Å². The molecule has 11 nitrogen and oxygen atoms in total. The molecule has 0 bridgehead atoms. The number of sulfone groups is 1. The molecule has 158 valence electrons. The SMILES string of the molecule is CC(OC(=O)c1ccc(S(C)(=O)=O)c([N+](=O)[O-])c1)C(=O)Nc1ccc2c(c1)OCO2. The number of hydrogen-bond acceptors (Lipinski definition) is 9. The van der Waals surface area contributed by atoms with Gasteiger partial charge in [0.15, 0.2) is 27.4 Å². The van der Waals surface area contributed by atoms with Gasteiger partial charge >= 0.3 is 5.97 Å². The van der Waals surface area contributed by atoms with Gasteiger partial charge in [-0.1, -0.05) is 0 Å². The van der Waals surface area contributed by atoms with E-state index >= 15 is 0 Å². The predicted octanol–water partition coefficient (Wildman–Crippen LogP) is 1.91. The first kappa shape index (κ1) is 21.0. The predicted molar refractivity (Wildman–Crippen MR) is 102 cm³/mol. The van der Waals surface area contributed by atoms with E-state index in [2.05, 4.69) is 5.32 Å². The van der Waals surface area contributed by atoms with E-state index in [4.69, 9.17) is 14.2 Å². The number of nitrogens with zero attached hydrogens (tertiary/aromatic N) is 1. The van der Waals surface area contributed by atoms with Crippen molar-refractivity contribution in [2.24, 2.45) is 0 Å². The Morgan fingerprint density at radius 3 is 2.53 bits per heavy atom. The van der Waals surface area contributed by atoms with Crippen molar-refractivity contribution in [3.8, 4) is 11.5 Å². The monoisotopic (exact) mass is 436 g/mol. The lowest BCUT2D eigenvalue weighted by atomic mass is 10.2. The molecule has 3 rings (SSSR count). The number of benzene rings is 2. The van der Waals surface area contributed by atoms with Crippen molar-refractivity contribution in [1.29, 1.82) is 0 Å². The van der Waals surface area contributed by atoms with Crippen LogP contribution in [0.4, 0.5) is 11.4 Å². The van der Waals surface area contributed by atoms with Crippen molar-refractivity contribution in [1.82, 2.24) is 0 Å². The first-order valence-electron chi connectivity index (χ1n) is 8.46. The molecular weight excluding hydrogens is 420 g/mol. The molecular formula is C18H16N2O9S. The summed E-state index contributed by atoms with van der Waals surface area (Å²) >= 11 is 0. The Morgan fingerprint density at radius 1 is 1.17 bits per heavy atom. The summed E-state index contributed by atoms with van der Waals surface area (Å²) in [5, 5.41) is 13.7. The largest absolute Gasteiger partial charge is 0.454 e. The molecule has 0 aliphatic carbocycles. The molecule has 0 saturated heterocycles. The second-order valence-electron chi connectivity index (χ2n) is 6.32. The first-order valence-corrected chi connectivity index (χ1v) is 10.4. The van der Waals surface area contributed by atoms with E-state index in [9.17, 15) is 28.1 Å². The lowest BCUT2D eigenvalue weighted by Crippen LogP contribution is -2.30. The summed E-state index contributed by atoms with van der Waals surface area (Å²) in [6, 6.07) is 7.54. The maximum atomic E-state index is 12.3. The Bertz CT molecular complexity index is 1140. The molecule has 1 atom stereocenters. The number of amides is 1. The number of hydrogen-bond donors (Lipinski definition) is 1. The van der Waals surface area contributed by atoms with E-state index in [0.29, 0.717) is 17.2 Å².